The van der Waals surface area contributed by atoms with Crippen LogP contribution in [-0.4, -0.2) is 59.1 Å². The monoisotopic (exact) mass is 450 g/mol. The number of esters is 1. The van der Waals surface area contributed by atoms with Gasteiger partial charge in [0.1, 0.15) is 6.04 Å². The third kappa shape index (κ3) is 5.19. The number of rotatable bonds is 11. The zero-order valence-corrected chi connectivity index (χ0v) is 20.5. The quantitative estimate of drug-likeness (QED) is 0.373. The minimum Gasteiger partial charge on any atom is -0.466 e. The number of likely N-dealkylation sites (tertiary alicyclic amines) is 1. The van der Waals surface area contributed by atoms with Gasteiger partial charge in [0.2, 0.25) is 11.8 Å². The molecule has 8 atom stereocenters. The summed E-state index contributed by atoms with van der Waals surface area (Å²) in [4.78, 5) is 41.9. The van der Waals surface area contributed by atoms with Gasteiger partial charge in [-0.25, -0.2) is 0 Å². The number of fused-ring (bicyclic) bond motifs is 1. The molecule has 7 heteroatoms. The molecule has 2 aliphatic rings. The lowest BCUT2D eigenvalue weighted by molar-refractivity contribution is -0.156. The lowest BCUT2D eigenvalue weighted by Crippen LogP contribution is -2.55. The van der Waals surface area contributed by atoms with Gasteiger partial charge in [0.05, 0.1) is 31.1 Å². The molecule has 0 radical (unpaired) electrons. The molecule has 7 nitrogen and oxygen atoms in total. The molecule has 0 aromatic heterocycles. The van der Waals surface area contributed by atoms with Gasteiger partial charge in [-0.05, 0) is 38.5 Å². The van der Waals surface area contributed by atoms with Crippen molar-refractivity contribution in [3.05, 3.63) is 12.2 Å². The first kappa shape index (κ1) is 26.4. The predicted molar refractivity (Wildman–Crippen MR) is 123 cm³/mol. The van der Waals surface area contributed by atoms with Crippen molar-refractivity contribution < 1.29 is 24.2 Å². The number of aliphatic hydroxyl groups is 1. The van der Waals surface area contributed by atoms with E-state index in [2.05, 4.69) is 12.2 Å². The highest BCUT2D eigenvalue weighted by Crippen LogP contribution is 2.46. The summed E-state index contributed by atoms with van der Waals surface area (Å²) in [5, 5.41) is 13.3. The molecule has 0 bridgehead atoms. The number of nitrogens with one attached hydrogen (secondary N) is 1. The molecule has 1 saturated heterocycles. The first-order valence-corrected chi connectivity index (χ1v) is 12.3. The highest BCUT2D eigenvalue weighted by atomic mass is 16.5. The maximum Gasteiger partial charge on any atom is 0.310 e. The first-order chi connectivity index (χ1) is 15.3. The second kappa shape index (κ2) is 11.8. The van der Waals surface area contributed by atoms with Crippen molar-refractivity contribution in [2.45, 2.75) is 85.4 Å². The SMILES string of the molecule is CCCC(C)NC(=O)[C@@H]1[C@H]2C=C[C@@H](CC)[C@@H](C(=O)OCC)[C@@H]2C(=O)N1[C@@H](CO)[C@@H](C)CC. The summed E-state index contributed by atoms with van der Waals surface area (Å²) in [7, 11) is 0. The van der Waals surface area contributed by atoms with Crippen molar-refractivity contribution in [2.75, 3.05) is 13.2 Å². The molecule has 2 rings (SSSR count). The minimum absolute atomic E-state index is 0.0134. The van der Waals surface area contributed by atoms with Crippen LogP contribution in [0.25, 0.3) is 0 Å². The van der Waals surface area contributed by atoms with E-state index in [9.17, 15) is 19.5 Å². The average Bonchev–Trinajstić information content (AvgIpc) is 3.06. The van der Waals surface area contributed by atoms with E-state index in [-0.39, 0.29) is 48.9 Å². The Morgan fingerprint density at radius 1 is 1.19 bits per heavy atom. The molecule has 1 unspecified atom stereocenters. The zero-order chi connectivity index (χ0) is 24.0. The Morgan fingerprint density at radius 3 is 2.41 bits per heavy atom. The van der Waals surface area contributed by atoms with E-state index in [4.69, 9.17) is 4.74 Å². The summed E-state index contributed by atoms with van der Waals surface area (Å²) in [6, 6.07) is -1.24. The van der Waals surface area contributed by atoms with Crippen molar-refractivity contribution in [3.8, 4) is 0 Å². The first-order valence-electron chi connectivity index (χ1n) is 12.3. The number of amides is 2. The molecule has 1 fully saturated rings. The number of carbonyl (C=O) groups is 3. The number of aliphatic hydroxyl groups excluding tert-OH is 1. The maximum atomic E-state index is 13.9. The molecule has 1 aliphatic heterocycles. The van der Waals surface area contributed by atoms with Crippen molar-refractivity contribution in [2.24, 2.45) is 29.6 Å². The van der Waals surface area contributed by atoms with E-state index >= 15 is 0 Å². The van der Waals surface area contributed by atoms with Crippen LogP contribution in [0.4, 0.5) is 0 Å². The van der Waals surface area contributed by atoms with Crippen LogP contribution in [0, 0.1) is 29.6 Å². The number of hydrogen-bond acceptors (Lipinski definition) is 5. The predicted octanol–water partition coefficient (Wildman–Crippen LogP) is 2.92. The van der Waals surface area contributed by atoms with Crippen LogP contribution >= 0.6 is 0 Å². The van der Waals surface area contributed by atoms with Crippen LogP contribution in [0.3, 0.4) is 0 Å². The number of hydrogen-bond donors (Lipinski definition) is 2. The molecule has 0 aromatic carbocycles. The van der Waals surface area contributed by atoms with Crippen LogP contribution in [0.5, 0.6) is 0 Å². The van der Waals surface area contributed by atoms with Crippen LogP contribution in [0.1, 0.15) is 67.2 Å². The normalized spacial score (nSPS) is 29.9. The van der Waals surface area contributed by atoms with E-state index in [1.54, 1.807) is 11.8 Å². The van der Waals surface area contributed by atoms with E-state index in [0.29, 0.717) is 6.42 Å². The Bertz CT molecular complexity index is 694. The molecule has 0 spiro atoms. The molecule has 2 amide bonds. The Hall–Kier alpha value is -1.89. The lowest BCUT2D eigenvalue weighted by atomic mass is 9.69. The van der Waals surface area contributed by atoms with E-state index < -0.39 is 29.8 Å². The van der Waals surface area contributed by atoms with Gasteiger partial charge in [-0.2, -0.15) is 0 Å². The molecule has 1 aliphatic carbocycles. The van der Waals surface area contributed by atoms with Crippen molar-refractivity contribution in [1.82, 2.24) is 10.2 Å². The zero-order valence-electron chi connectivity index (χ0n) is 20.5. The van der Waals surface area contributed by atoms with Gasteiger partial charge >= 0.3 is 5.97 Å². The van der Waals surface area contributed by atoms with Crippen LogP contribution in [0.15, 0.2) is 12.2 Å². The highest BCUT2D eigenvalue weighted by Gasteiger charge is 2.59. The average molecular weight is 451 g/mol. The van der Waals surface area contributed by atoms with Crippen molar-refractivity contribution >= 4 is 17.8 Å². The number of ether oxygens (including phenoxy) is 1. The number of carbonyl (C=O) groups excluding carboxylic acids is 3. The molecular formula is C25H42N2O5. The van der Waals surface area contributed by atoms with Gasteiger partial charge in [-0.15, -0.1) is 0 Å². The topological polar surface area (TPSA) is 95.9 Å². The fraction of sp³-hybridized carbons (Fsp3) is 0.800. The van der Waals surface area contributed by atoms with Crippen LogP contribution in [0.2, 0.25) is 0 Å². The van der Waals surface area contributed by atoms with Gasteiger partial charge in [0.25, 0.3) is 0 Å². The number of nitrogens with zero attached hydrogens (tertiary/aromatic N) is 1. The maximum absolute atomic E-state index is 13.9. The van der Waals surface area contributed by atoms with Gasteiger partial charge in [-0.3, -0.25) is 14.4 Å². The Morgan fingerprint density at radius 2 is 1.88 bits per heavy atom. The lowest BCUT2D eigenvalue weighted by Gasteiger charge is -2.36. The van der Waals surface area contributed by atoms with Crippen molar-refractivity contribution in [3.63, 3.8) is 0 Å². The summed E-state index contributed by atoms with van der Waals surface area (Å²) in [5.74, 6) is -2.61. The van der Waals surface area contributed by atoms with Crippen molar-refractivity contribution in [1.29, 1.82) is 0 Å². The summed E-state index contributed by atoms with van der Waals surface area (Å²) < 4.78 is 5.36. The molecule has 182 valence electrons. The Kier molecular flexibility index (Phi) is 9.74. The molecule has 1 heterocycles. The van der Waals surface area contributed by atoms with Gasteiger partial charge in [0.15, 0.2) is 0 Å². The molecule has 0 saturated carbocycles. The molecular weight excluding hydrogens is 408 g/mol. The molecule has 32 heavy (non-hydrogen) atoms. The summed E-state index contributed by atoms with van der Waals surface area (Å²) in [6.07, 6.45) is 7.18. The Labute approximate surface area is 192 Å². The summed E-state index contributed by atoms with van der Waals surface area (Å²) in [5.41, 5.74) is 0. The number of allylic oxidation sites excluding steroid dienone is 1. The fourth-order valence-electron chi connectivity index (χ4n) is 5.40. The Balaban J connectivity index is 2.53. The van der Waals surface area contributed by atoms with Crippen LogP contribution in [-0.2, 0) is 19.1 Å². The second-order valence-corrected chi connectivity index (χ2v) is 9.36. The third-order valence-corrected chi connectivity index (χ3v) is 7.30. The standard InChI is InChI=1S/C25H42N2O5/c1-7-11-16(6)26-23(29)22-18-13-12-17(9-3)20(25(31)32-10-4)21(18)24(30)27(22)19(14-28)15(5)8-2/h12-13,15-22,28H,7-11,14H2,1-6H3,(H,26,29)/t15-,16?,17+,18-,19-,20+,21+,22-/m0/s1. The van der Waals surface area contributed by atoms with E-state index in [0.717, 1.165) is 19.3 Å². The summed E-state index contributed by atoms with van der Waals surface area (Å²) in [6.45, 7) is 11.8. The summed E-state index contributed by atoms with van der Waals surface area (Å²) >= 11 is 0. The second-order valence-electron chi connectivity index (χ2n) is 9.36. The molecule has 2 N–H and O–H groups in total. The van der Waals surface area contributed by atoms with E-state index in [1.165, 1.54) is 0 Å². The fourth-order valence-corrected chi connectivity index (χ4v) is 5.40. The molecule has 0 aromatic rings. The van der Waals surface area contributed by atoms with Gasteiger partial charge < -0.3 is 20.1 Å². The van der Waals surface area contributed by atoms with E-state index in [1.807, 2.05) is 39.8 Å². The largest absolute Gasteiger partial charge is 0.466 e. The van der Waals surface area contributed by atoms with Gasteiger partial charge in [0, 0.05) is 12.0 Å². The van der Waals surface area contributed by atoms with Crippen LogP contribution < -0.4 is 5.32 Å². The van der Waals surface area contributed by atoms with Gasteiger partial charge in [-0.1, -0.05) is 52.7 Å². The minimum atomic E-state index is -0.746. The highest BCUT2D eigenvalue weighted by molar-refractivity contribution is 5.96. The smallest absolute Gasteiger partial charge is 0.310 e. The third-order valence-electron chi connectivity index (χ3n) is 7.30.